The van der Waals surface area contributed by atoms with E-state index >= 15 is 0 Å². The van der Waals surface area contributed by atoms with E-state index in [1.807, 2.05) is 20.8 Å². The van der Waals surface area contributed by atoms with E-state index in [0.29, 0.717) is 0 Å². The Kier molecular flexibility index (Phi) is 5.16. The highest BCUT2D eigenvalue weighted by Gasteiger charge is 2.30. The Bertz CT molecular complexity index is 600. The van der Waals surface area contributed by atoms with Gasteiger partial charge in [-0.1, -0.05) is 12.1 Å². The number of hydrogen-bond acceptors (Lipinski definition) is 5. The van der Waals surface area contributed by atoms with Crippen molar-refractivity contribution in [1.29, 1.82) is 0 Å². The molecule has 8 heteroatoms. The van der Waals surface area contributed by atoms with Crippen molar-refractivity contribution < 1.29 is 17.7 Å². The van der Waals surface area contributed by atoms with Gasteiger partial charge in [-0.3, -0.25) is 4.79 Å². The number of amides is 1. The third kappa shape index (κ3) is 4.04. The first-order chi connectivity index (χ1) is 9.51. The summed E-state index contributed by atoms with van der Waals surface area (Å²) in [5.74, 6) is -0.131. The second-order valence-electron chi connectivity index (χ2n) is 5.70. The fourth-order valence-electron chi connectivity index (χ4n) is 1.79. The molecule has 1 aromatic rings. The van der Waals surface area contributed by atoms with E-state index in [4.69, 9.17) is 4.52 Å². The van der Waals surface area contributed by atoms with Crippen molar-refractivity contribution in [2.45, 2.75) is 51.5 Å². The van der Waals surface area contributed by atoms with Crippen molar-refractivity contribution in [1.82, 2.24) is 14.8 Å². The van der Waals surface area contributed by atoms with Gasteiger partial charge in [-0.2, -0.15) is 4.31 Å². The lowest BCUT2D eigenvalue weighted by atomic mass is 10.0. The van der Waals surface area contributed by atoms with Crippen LogP contribution in [0.2, 0.25) is 0 Å². The van der Waals surface area contributed by atoms with Crippen LogP contribution in [0.15, 0.2) is 9.42 Å². The summed E-state index contributed by atoms with van der Waals surface area (Å²) < 4.78 is 30.8. The minimum atomic E-state index is -3.80. The largest absolute Gasteiger partial charge is 0.360 e. The van der Waals surface area contributed by atoms with Gasteiger partial charge in [0.15, 0.2) is 5.76 Å². The molecule has 21 heavy (non-hydrogen) atoms. The first-order valence-corrected chi connectivity index (χ1v) is 8.15. The van der Waals surface area contributed by atoms with Crippen LogP contribution in [0.5, 0.6) is 0 Å². The predicted octanol–water partition coefficient (Wildman–Crippen LogP) is 1.22. The highest BCUT2D eigenvalue weighted by atomic mass is 32.2. The molecule has 0 aromatic carbocycles. The topological polar surface area (TPSA) is 92.5 Å². The Morgan fingerprint density at radius 1 is 1.38 bits per heavy atom. The van der Waals surface area contributed by atoms with Gasteiger partial charge in [0.1, 0.15) is 10.6 Å². The maximum Gasteiger partial charge on any atom is 0.248 e. The average Bonchev–Trinajstić information content (AvgIpc) is 2.68. The van der Waals surface area contributed by atoms with Crippen LogP contribution in [0.1, 0.15) is 38.6 Å². The van der Waals surface area contributed by atoms with Crippen LogP contribution in [0, 0.1) is 13.8 Å². The maximum atomic E-state index is 12.5. The Morgan fingerprint density at radius 2 is 1.95 bits per heavy atom. The number of hydrogen-bond donors (Lipinski definition) is 1. The number of aryl methyl sites for hydroxylation is 2. The summed E-state index contributed by atoms with van der Waals surface area (Å²) in [5.41, 5.74) is -0.0845. The molecule has 0 unspecified atom stereocenters. The zero-order chi connectivity index (χ0) is 16.4. The van der Waals surface area contributed by atoms with Crippen LogP contribution in [0.25, 0.3) is 0 Å². The van der Waals surface area contributed by atoms with Crippen LogP contribution in [-0.2, 0) is 14.8 Å². The molecule has 7 nitrogen and oxygen atoms in total. The highest BCUT2D eigenvalue weighted by molar-refractivity contribution is 7.89. The second-order valence-corrected chi connectivity index (χ2v) is 7.68. The molecule has 0 fully saturated rings. The Labute approximate surface area is 125 Å². The lowest BCUT2D eigenvalue weighted by Crippen LogP contribution is -2.47. The monoisotopic (exact) mass is 317 g/mol. The van der Waals surface area contributed by atoms with Crippen LogP contribution < -0.4 is 5.32 Å². The molecule has 0 bridgehead atoms. The third-order valence-electron chi connectivity index (χ3n) is 3.36. The number of sulfonamides is 1. The molecule has 0 radical (unpaired) electrons. The van der Waals surface area contributed by atoms with Crippen LogP contribution >= 0.6 is 0 Å². The van der Waals surface area contributed by atoms with Gasteiger partial charge in [0.05, 0.1) is 6.54 Å². The van der Waals surface area contributed by atoms with Gasteiger partial charge in [0, 0.05) is 12.6 Å². The van der Waals surface area contributed by atoms with Gasteiger partial charge in [-0.05, 0) is 34.1 Å². The fourth-order valence-corrected chi connectivity index (χ4v) is 3.20. The van der Waals surface area contributed by atoms with E-state index in [2.05, 4.69) is 10.5 Å². The van der Waals surface area contributed by atoms with Crippen molar-refractivity contribution in [3.63, 3.8) is 0 Å². The summed E-state index contributed by atoms with van der Waals surface area (Å²) in [4.78, 5) is 12.0. The summed E-state index contributed by atoms with van der Waals surface area (Å²) in [6.45, 7) is 8.54. The molecule has 1 N–H and O–H groups in total. The Balaban J connectivity index is 2.89. The number of likely N-dealkylation sites (N-methyl/N-ethyl adjacent to an activating group) is 1. The molecule has 0 aliphatic rings. The zero-order valence-electron chi connectivity index (χ0n) is 13.3. The molecule has 0 saturated heterocycles. The molecule has 0 atom stereocenters. The summed E-state index contributed by atoms with van der Waals surface area (Å²) in [6.07, 6.45) is 0.749. The van der Waals surface area contributed by atoms with Crippen LogP contribution in [0.3, 0.4) is 0 Å². The van der Waals surface area contributed by atoms with Gasteiger partial charge < -0.3 is 9.84 Å². The molecular weight excluding hydrogens is 294 g/mol. The van der Waals surface area contributed by atoms with Crippen molar-refractivity contribution >= 4 is 15.9 Å². The summed E-state index contributed by atoms with van der Waals surface area (Å²) >= 11 is 0. The van der Waals surface area contributed by atoms with Gasteiger partial charge in [-0.15, -0.1) is 0 Å². The summed E-state index contributed by atoms with van der Waals surface area (Å²) in [6, 6.07) is 0. The number of carbonyl (C=O) groups is 1. The highest BCUT2D eigenvalue weighted by Crippen LogP contribution is 2.22. The normalized spacial score (nSPS) is 12.7. The standard InChI is InChI=1S/C13H23N3O4S/c1-7-13(4,5)14-11(17)8-16(6)21(18,19)12-9(2)15-20-10(12)3/h7-8H2,1-6H3,(H,14,17). The third-order valence-corrected chi connectivity index (χ3v) is 5.41. The van der Waals surface area contributed by atoms with E-state index in [-0.39, 0.29) is 34.3 Å². The minimum absolute atomic E-state index is 0.0209. The maximum absolute atomic E-state index is 12.5. The molecule has 0 saturated carbocycles. The smallest absolute Gasteiger partial charge is 0.248 e. The zero-order valence-corrected chi connectivity index (χ0v) is 14.2. The first kappa shape index (κ1) is 17.6. The number of aromatic nitrogens is 1. The van der Waals surface area contributed by atoms with Crippen LogP contribution in [0.4, 0.5) is 0 Å². The molecule has 1 aromatic heterocycles. The van der Waals surface area contributed by atoms with E-state index in [9.17, 15) is 13.2 Å². The lowest BCUT2D eigenvalue weighted by Gasteiger charge is -2.26. The second kappa shape index (κ2) is 6.15. The van der Waals surface area contributed by atoms with E-state index in [1.54, 1.807) is 6.92 Å². The molecule has 0 spiro atoms. The van der Waals surface area contributed by atoms with Crippen LogP contribution in [-0.4, -0.2) is 42.9 Å². The number of nitrogens with one attached hydrogen (secondary N) is 1. The lowest BCUT2D eigenvalue weighted by molar-refractivity contribution is -0.122. The molecule has 1 heterocycles. The number of carbonyl (C=O) groups excluding carboxylic acids is 1. The molecule has 120 valence electrons. The molecule has 1 rings (SSSR count). The minimum Gasteiger partial charge on any atom is -0.360 e. The number of nitrogens with zero attached hydrogens (tertiary/aromatic N) is 2. The van der Waals surface area contributed by atoms with E-state index in [1.165, 1.54) is 14.0 Å². The molecular formula is C13H23N3O4S. The Morgan fingerprint density at radius 3 is 2.38 bits per heavy atom. The first-order valence-electron chi connectivity index (χ1n) is 6.71. The molecule has 1 amide bonds. The van der Waals surface area contributed by atoms with Crippen molar-refractivity contribution in [2.75, 3.05) is 13.6 Å². The van der Waals surface area contributed by atoms with Crippen molar-refractivity contribution in [3.8, 4) is 0 Å². The van der Waals surface area contributed by atoms with Gasteiger partial charge in [-0.25, -0.2) is 8.42 Å². The van der Waals surface area contributed by atoms with Gasteiger partial charge in [0.25, 0.3) is 0 Å². The van der Waals surface area contributed by atoms with Crippen molar-refractivity contribution in [2.24, 2.45) is 0 Å². The van der Waals surface area contributed by atoms with E-state index < -0.39 is 10.0 Å². The van der Waals surface area contributed by atoms with Gasteiger partial charge in [0.2, 0.25) is 15.9 Å². The quantitative estimate of drug-likeness (QED) is 0.851. The van der Waals surface area contributed by atoms with Crippen molar-refractivity contribution in [3.05, 3.63) is 11.5 Å². The van der Waals surface area contributed by atoms with Gasteiger partial charge >= 0.3 is 0 Å². The Hall–Kier alpha value is -1.41. The summed E-state index contributed by atoms with van der Waals surface area (Å²) in [5, 5.41) is 6.43. The average molecular weight is 317 g/mol. The van der Waals surface area contributed by atoms with E-state index in [0.717, 1.165) is 10.7 Å². The number of rotatable bonds is 6. The summed E-state index contributed by atoms with van der Waals surface area (Å²) in [7, 11) is -2.44. The fraction of sp³-hybridized carbons (Fsp3) is 0.692. The SMILES string of the molecule is CCC(C)(C)NC(=O)CN(C)S(=O)(=O)c1c(C)noc1C. The molecule has 0 aliphatic carbocycles. The predicted molar refractivity (Wildman–Crippen MR) is 78.3 cm³/mol. The molecule has 0 aliphatic heterocycles.